The van der Waals surface area contributed by atoms with E-state index in [2.05, 4.69) is 29.6 Å². The van der Waals surface area contributed by atoms with Gasteiger partial charge >= 0.3 is 0 Å². The van der Waals surface area contributed by atoms with Gasteiger partial charge in [0.15, 0.2) is 0 Å². The first-order chi connectivity index (χ1) is 8.88. The van der Waals surface area contributed by atoms with E-state index in [-0.39, 0.29) is 0 Å². The number of rotatable bonds is 4. The number of ether oxygens (including phenoxy) is 1. The van der Waals surface area contributed by atoms with Gasteiger partial charge in [-0.15, -0.1) is 11.3 Å². The van der Waals surface area contributed by atoms with Crippen LogP contribution in [0.5, 0.6) is 0 Å². The zero-order valence-corrected chi connectivity index (χ0v) is 11.3. The van der Waals surface area contributed by atoms with Crippen molar-refractivity contribution in [3.05, 3.63) is 35.2 Å². The van der Waals surface area contributed by atoms with Crippen LogP contribution in [0.1, 0.15) is 24.8 Å². The van der Waals surface area contributed by atoms with E-state index in [4.69, 9.17) is 10.5 Å². The van der Waals surface area contributed by atoms with Gasteiger partial charge in [-0.2, -0.15) is 0 Å². The SMILES string of the molecule is NCC1CCCC1OCc1csc2ccccc12. The fourth-order valence-electron chi connectivity index (χ4n) is 2.83. The zero-order valence-electron chi connectivity index (χ0n) is 10.5. The first kappa shape index (κ1) is 12.2. The molecule has 1 aliphatic rings. The summed E-state index contributed by atoms with van der Waals surface area (Å²) in [6, 6.07) is 8.53. The molecule has 0 spiro atoms. The van der Waals surface area contributed by atoms with E-state index < -0.39 is 0 Å². The van der Waals surface area contributed by atoms with Gasteiger partial charge in [-0.3, -0.25) is 0 Å². The van der Waals surface area contributed by atoms with Crippen LogP contribution in [0.4, 0.5) is 0 Å². The van der Waals surface area contributed by atoms with Crippen LogP contribution in [0.25, 0.3) is 10.1 Å². The van der Waals surface area contributed by atoms with Crippen molar-refractivity contribution in [2.45, 2.75) is 32.0 Å². The van der Waals surface area contributed by atoms with Crippen LogP contribution < -0.4 is 5.73 Å². The normalized spacial score (nSPS) is 23.8. The summed E-state index contributed by atoms with van der Waals surface area (Å²) in [5.41, 5.74) is 7.10. The average molecular weight is 261 g/mol. The fourth-order valence-corrected chi connectivity index (χ4v) is 3.78. The lowest BCUT2D eigenvalue weighted by molar-refractivity contribution is 0.0189. The molecule has 2 atom stereocenters. The molecule has 2 nitrogen and oxygen atoms in total. The Balaban J connectivity index is 1.69. The molecule has 1 aromatic carbocycles. The molecule has 2 unspecified atom stereocenters. The predicted molar refractivity (Wildman–Crippen MR) is 76.8 cm³/mol. The number of hydrogen-bond donors (Lipinski definition) is 1. The van der Waals surface area contributed by atoms with Crippen LogP contribution >= 0.6 is 11.3 Å². The number of hydrogen-bond acceptors (Lipinski definition) is 3. The Morgan fingerprint density at radius 1 is 1.28 bits per heavy atom. The van der Waals surface area contributed by atoms with E-state index >= 15 is 0 Å². The Bertz CT molecular complexity index is 522. The monoisotopic (exact) mass is 261 g/mol. The summed E-state index contributed by atoms with van der Waals surface area (Å²) in [4.78, 5) is 0. The quantitative estimate of drug-likeness (QED) is 0.913. The minimum Gasteiger partial charge on any atom is -0.373 e. The molecule has 0 aliphatic heterocycles. The Labute approximate surface area is 112 Å². The maximum atomic E-state index is 6.09. The lowest BCUT2D eigenvalue weighted by Crippen LogP contribution is -2.25. The second-order valence-corrected chi connectivity index (χ2v) is 5.94. The Kier molecular flexibility index (Phi) is 3.64. The van der Waals surface area contributed by atoms with Crippen LogP contribution in [0.2, 0.25) is 0 Å². The molecule has 3 heteroatoms. The van der Waals surface area contributed by atoms with Gasteiger partial charge in [0.25, 0.3) is 0 Å². The molecule has 0 amide bonds. The summed E-state index contributed by atoms with van der Waals surface area (Å²) in [6.07, 6.45) is 4.03. The zero-order chi connectivity index (χ0) is 12.4. The molecule has 1 saturated carbocycles. The number of nitrogens with two attached hydrogens (primary N) is 1. The second kappa shape index (κ2) is 5.39. The molecular formula is C15H19NOS. The molecule has 2 N–H and O–H groups in total. The van der Waals surface area contributed by atoms with Crippen LogP contribution in [0.15, 0.2) is 29.6 Å². The molecule has 0 radical (unpaired) electrons. The summed E-state index contributed by atoms with van der Waals surface area (Å²) in [5.74, 6) is 0.565. The molecule has 2 aromatic rings. The molecule has 1 aromatic heterocycles. The van der Waals surface area contributed by atoms with Gasteiger partial charge in [0.1, 0.15) is 0 Å². The standard InChI is InChI=1S/C15H19NOS/c16-8-11-4-3-6-14(11)17-9-12-10-18-15-7-2-1-5-13(12)15/h1-2,5,7,10-11,14H,3-4,6,8-9,16H2. The third kappa shape index (κ3) is 2.30. The molecule has 18 heavy (non-hydrogen) atoms. The van der Waals surface area contributed by atoms with Crippen molar-refractivity contribution < 1.29 is 4.74 Å². The number of fused-ring (bicyclic) bond motifs is 1. The molecule has 1 aliphatic carbocycles. The minimum atomic E-state index is 0.369. The molecule has 0 saturated heterocycles. The summed E-state index contributed by atoms with van der Waals surface area (Å²) in [7, 11) is 0. The van der Waals surface area contributed by atoms with Gasteiger partial charge < -0.3 is 10.5 Å². The Morgan fingerprint density at radius 2 is 2.17 bits per heavy atom. The van der Waals surface area contributed by atoms with Crippen molar-refractivity contribution >= 4 is 21.4 Å². The van der Waals surface area contributed by atoms with E-state index in [0.717, 1.165) is 13.2 Å². The Hall–Kier alpha value is -0.900. The highest BCUT2D eigenvalue weighted by molar-refractivity contribution is 7.17. The molecule has 0 bridgehead atoms. The van der Waals surface area contributed by atoms with Crippen LogP contribution in [-0.4, -0.2) is 12.6 Å². The van der Waals surface area contributed by atoms with Crippen molar-refractivity contribution in [1.29, 1.82) is 0 Å². The smallest absolute Gasteiger partial charge is 0.0734 e. The van der Waals surface area contributed by atoms with Crippen molar-refractivity contribution in [2.24, 2.45) is 11.7 Å². The predicted octanol–water partition coefficient (Wildman–Crippen LogP) is 3.55. The highest BCUT2D eigenvalue weighted by Crippen LogP contribution is 2.30. The van der Waals surface area contributed by atoms with Gasteiger partial charge in [0.05, 0.1) is 12.7 Å². The maximum Gasteiger partial charge on any atom is 0.0734 e. The van der Waals surface area contributed by atoms with Gasteiger partial charge in [0.2, 0.25) is 0 Å². The lowest BCUT2D eigenvalue weighted by Gasteiger charge is -2.18. The van der Waals surface area contributed by atoms with Gasteiger partial charge in [0, 0.05) is 4.70 Å². The lowest BCUT2D eigenvalue weighted by atomic mass is 10.1. The van der Waals surface area contributed by atoms with Crippen LogP contribution in [0, 0.1) is 5.92 Å². The van der Waals surface area contributed by atoms with Crippen LogP contribution in [-0.2, 0) is 11.3 Å². The number of benzene rings is 1. The highest BCUT2D eigenvalue weighted by Gasteiger charge is 2.26. The van der Waals surface area contributed by atoms with Crippen LogP contribution in [0.3, 0.4) is 0 Å². The molecule has 1 heterocycles. The fraction of sp³-hybridized carbons (Fsp3) is 0.467. The first-order valence-electron chi connectivity index (χ1n) is 6.65. The van der Waals surface area contributed by atoms with E-state index in [1.807, 2.05) is 0 Å². The van der Waals surface area contributed by atoms with Gasteiger partial charge in [-0.1, -0.05) is 24.6 Å². The summed E-state index contributed by atoms with van der Waals surface area (Å²) < 4.78 is 7.43. The second-order valence-electron chi connectivity index (χ2n) is 5.03. The van der Waals surface area contributed by atoms with E-state index in [1.165, 1.54) is 34.9 Å². The molecule has 1 fully saturated rings. The highest BCUT2D eigenvalue weighted by atomic mass is 32.1. The van der Waals surface area contributed by atoms with Crippen molar-refractivity contribution in [2.75, 3.05) is 6.54 Å². The van der Waals surface area contributed by atoms with Gasteiger partial charge in [-0.05, 0) is 47.7 Å². The molecular weight excluding hydrogens is 242 g/mol. The van der Waals surface area contributed by atoms with E-state index in [0.29, 0.717) is 12.0 Å². The molecule has 96 valence electrons. The average Bonchev–Trinajstić information content (AvgIpc) is 3.02. The topological polar surface area (TPSA) is 35.2 Å². The van der Waals surface area contributed by atoms with Crippen molar-refractivity contribution in [3.8, 4) is 0 Å². The maximum absolute atomic E-state index is 6.09. The third-order valence-electron chi connectivity index (χ3n) is 3.91. The summed E-state index contributed by atoms with van der Waals surface area (Å²) in [5, 5.41) is 3.56. The summed E-state index contributed by atoms with van der Waals surface area (Å²) >= 11 is 1.80. The van der Waals surface area contributed by atoms with Gasteiger partial charge in [-0.25, -0.2) is 0 Å². The van der Waals surface area contributed by atoms with E-state index in [9.17, 15) is 0 Å². The molecule has 3 rings (SSSR count). The Morgan fingerprint density at radius 3 is 3.06 bits per heavy atom. The minimum absolute atomic E-state index is 0.369. The van der Waals surface area contributed by atoms with Crippen molar-refractivity contribution in [3.63, 3.8) is 0 Å². The third-order valence-corrected chi connectivity index (χ3v) is 4.92. The van der Waals surface area contributed by atoms with E-state index in [1.54, 1.807) is 11.3 Å². The largest absolute Gasteiger partial charge is 0.373 e. The first-order valence-corrected chi connectivity index (χ1v) is 7.53. The summed E-state index contributed by atoms with van der Waals surface area (Å²) in [6.45, 7) is 1.49. The number of thiophene rings is 1. The van der Waals surface area contributed by atoms with Crippen molar-refractivity contribution in [1.82, 2.24) is 0 Å².